The molecule has 0 radical (unpaired) electrons. The number of thiophene rings is 1. The number of benzene rings is 2. The molecule has 0 saturated carbocycles. The predicted molar refractivity (Wildman–Crippen MR) is 108 cm³/mol. The van der Waals surface area contributed by atoms with Crippen molar-refractivity contribution in [1.82, 2.24) is 0 Å². The molecule has 5 nitrogen and oxygen atoms in total. The van der Waals surface area contributed by atoms with Gasteiger partial charge >= 0.3 is 5.97 Å². The number of rotatable bonds is 6. The van der Waals surface area contributed by atoms with Crippen molar-refractivity contribution in [3.05, 3.63) is 82.0 Å². The first-order valence-corrected chi connectivity index (χ1v) is 9.80. The molecule has 0 bridgehead atoms. The molecule has 1 aliphatic heterocycles. The van der Waals surface area contributed by atoms with Crippen LogP contribution in [0, 0.1) is 0 Å². The van der Waals surface area contributed by atoms with E-state index in [-0.39, 0.29) is 18.3 Å². The molecule has 28 heavy (non-hydrogen) atoms. The Morgan fingerprint density at radius 1 is 1.11 bits per heavy atom. The SMILES string of the molecule is COc1ccc(N(Cc2cccs2)C(=O)C[C@@H]2OC(=O)c3ccccc32)cc1. The number of anilines is 1. The molecule has 4 rings (SSSR count). The van der Waals surface area contributed by atoms with E-state index in [9.17, 15) is 9.59 Å². The van der Waals surface area contributed by atoms with E-state index in [1.54, 1.807) is 35.5 Å². The van der Waals surface area contributed by atoms with Crippen LogP contribution in [-0.2, 0) is 16.1 Å². The van der Waals surface area contributed by atoms with Gasteiger partial charge in [-0.2, -0.15) is 0 Å². The van der Waals surface area contributed by atoms with Gasteiger partial charge in [0.25, 0.3) is 0 Å². The van der Waals surface area contributed by atoms with Crippen molar-refractivity contribution in [2.24, 2.45) is 0 Å². The van der Waals surface area contributed by atoms with Gasteiger partial charge in [-0.15, -0.1) is 11.3 Å². The fourth-order valence-electron chi connectivity index (χ4n) is 3.28. The Morgan fingerprint density at radius 2 is 1.89 bits per heavy atom. The lowest BCUT2D eigenvalue weighted by Crippen LogP contribution is -2.31. The fraction of sp³-hybridized carbons (Fsp3) is 0.182. The summed E-state index contributed by atoms with van der Waals surface area (Å²) in [6.07, 6.45) is -0.458. The summed E-state index contributed by atoms with van der Waals surface area (Å²) in [5, 5.41) is 1.99. The van der Waals surface area contributed by atoms with Crippen molar-refractivity contribution in [1.29, 1.82) is 0 Å². The molecule has 142 valence electrons. The maximum atomic E-state index is 13.2. The number of ether oxygens (including phenoxy) is 2. The van der Waals surface area contributed by atoms with Gasteiger partial charge in [-0.25, -0.2) is 4.79 Å². The van der Waals surface area contributed by atoms with Crippen LogP contribution in [0.25, 0.3) is 0 Å². The van der Waals surface area contributed by atoms with Gasteiger partial charge in [-0.05, 0) is 41.8 Å². The van der Waals surface area contributed by atoms with Crippen molar-refractivity contribution in [3.8, 4) is 5.75 Å². The van der Waals surface area contributed by atoms with Crippen molar-refractivity contribution >= 4 is 28.9 Å². The third-order valence-electron chi connectivity index (χ3n) is 4.72. The number of nitrogens with zero attached hydrogens (tertiary/aromatic N) is 1. The Hall–Kier alpha value is -3.12. The maximum absolute atomic E-state index is 13.2. The zero-order chi connectivity index (χ0) is 19.5. The molecule has 0 saturated heterocycles. The van der Waals surface area contributed by atoms with Crippen molar-refractivity contribution in [2.75, 3.05) is 12.0 Å². The van der Waals surface area contributed by atoms with Crippen LogP contribution in [-0.4, -0.2) is 19.0 Å². The van der Waals surface area contributed by atoms with Crippen LogP contribution in [0.3, 0.4) is 0 Å². The topological polar surface area (TPSA) is 55.8 Å². The summed E-state index contributed by atoms with van der Waals surface area (Å²) in [5.74, 6) is 0.252. The number of fused-ring (bicyclic) bond motifs is 1. The van der Waals surface area contributed by atoms with E-state index >= 15 is 0 Å². The molecule has 3 aromatic rings. The maximum Gasteiger partial charge on any atom is 0.339 e. The number of carbonyl (C=O) groups excluding carboxylic acids is 2. The van der Waals surface area contributed by atoms with E-state index in [1.165, 1.54) is 0 Å². The molecule has 6 heteroatoms. The number of esters is 1. The predicted octanol–water partition coefficient (Wildman–Crippen LogP) is 4.59. The Morgan fingerprint density at radius 3 is 2.61 bits per heavy atom. The van der Waals surface area contributed by atoms with E-state index in [1.807, 2.05) is 53.9 Å². The van der Waals surface area contributed by atoms with Gasteiger partial charge in [0.1, 0.15) is 11.9 Å². The number of amides is 1. The summed E-state index contributed by atoms with van der Waals surface area (Å²) in [6, 6.07) is 18.6. The zero-order valence-corrected chi connectivity index (χ0v) is 16.1. The minimum absolute atomic E-state index is 0.0974. The summed E-state index contributed by atoms with van der Waals surface area (Å²) < 4.78 is 10.7. The Labute approximate surface area is 167 Å². The molecule has 0 aliphatic carbocycles. The first kappa shape index (κ1) is 18.3. The number of hydrogen-bond donors (Lipinski definition) is 0. The minimum Gasteiger partial charge on any atom is -0.497 e. The molecule has 0 N–H and O–H groups in total. The van der Waals surface area contributed by atoms with E-state index in [4.69, 9.17) is 9.47 Å². The Balaban J connectivity index is 1.59. The van der Waals surface area contributed by atoms with Gasteiger partial charge in [0.05, 0.1) is 25.6 Å². The second-order valence-electron chi connectivity index (χ2n) is 6.44. The number of hydrogen-bond acceptors (Lipinski definition) is 5. The fourth-order valence-corrected chi connectivity index (χ4v) is 3.98. The molecule has 0 spiro atoms. The molecular formula is C22H19NO4S. The molecule has 1 atom stereocenters. The second kappa shape index (κ2) is 7.86. The van der Waals surface area contributed by atoms with Gasteiger partial charge in [-0.1, -0.05) is 24.3 Å². The van der Waals surface area contributed by atoms with Crippen LogP contribution in [0.2, 0.25) is 0 Å². The molecule has 1 amide bonds. The average Bonchev–Trinajstić information content (AvgIpc) is 3.35. The molecule has 2 heterocycles. The molecule has 1 aliphatic rings. The van der Waals surface area contributed by atoms with Gasteiger partial charge in [0, 0.05) is 16.1 Å². The summed E-state index contributed by atoms with van der Waals surface area (Å²) in [6.45, 7) is 0.463. The van der Waals surface area contributed by atoms with Crippen LogP contribution >= 0.6 is 11.3 Å². The Bertz CT molecular complexity index is 982. The zero-order valence-electron chi connectivity index (χ0n) is 15.3. The number of cyclic esters (lactones) is 1. The molecule has 0 unspecified atom stereocenters. The van der Waals surface area contributed by atoms with Crippen LogP contribution in [0.15, 0.2) is 66.0 Å². The highest BCUT2D eigenvalue weighted by Crippen LogP contribution is 2.34. The van der Waals surface area contributed by atoms with Gasteiger partial charge < -0.3 is 14.4 Å². The smallest absolute Gasteiger partial charge is 0.339 e. The third kappa shape index (κ3) is 3.64. The second-order valence-corrected chi connectivity index (χ2v) is 7.47. The quantitative estimate of drug-likeness (QED) is 0.575. The number of carbonyl (C=O) groups is 2. The van der Waals surface area contributed by atoms with Crippen molar-refractivity contribution in [2.45, 2.75) is 19.1 Å². The first-order valence-electron chi connectivity index (χ1n) is 8.92. The van der Waals surface area contributed by atoms with E-state index in [0.717, 1.165) is 21.9 Å². The monoisotopic (exact) mass is 393 g/mol. The van der Waals surface area contributed by atoms with E-state index in [2.05, 4.69) is 0 Å². The molecule has 1 aromatic heterocycles. The van der Waals surface area contributed by atoms with Crippen LogP contribution in [0.5, 0.6) is 5.75 Å². The molecule has 0 fully saturated rings. The summed E-state index contributed by atoms with van der Waals surface area (Å²) in [7, 11) is 1.61. The lowest BCUT2D eigenvalue weighted by atomic mass is 10.0. The minimum atomic E-state index is -0.555. The lowest BCUT2D eigenvalue weighted by molar-refractivity contribution is -0.120. The highest BCUT2D eigenvalue weighted by molar-refractivity contribution is 7.09. The molecular weight excluding hydrogens is 374 g/mol. The third-order valence-corrected chi connectivity index (χ3v) is 5.58. The van der Waals surface area contributed by atoms with Crippen molar-refractivity contribution in [3.63, 3.8) is 0 Å². The lowest BCUT2D eigenvalue weighted by Gasteiger charge is -2.24. The normalized spacial score (nSPS) is 15.0. The summed E-state index contributed by atoms with van der Waals surface area (Å²) in [5.41, 5.74) is 2.08. The van der Waals surface area contributed by atoms with Gasteiger partial charge in [0.2, 0.25) is 5.91 Å². The van der Waals surface area contributed by atoms with Crippen LogP contribution < -0.4 is 9.64 Å². The number of methoxy groups -OCH3 is 1. The highest BCUT2D eigenvalue weighted by atomic mass is 32.1. The summed E-state index contributed by atoms with van der Waals surface area (Å²) >= 11 is 1.60. The largest absolute Gasteiger partial charge is 0.497 e. The highest BCUT2D eigenvalue weighted by Gasteiger charge is 2.33. The van der Waals surface area contributed by atoms with Crippen LogP contribution in [0.1, 0.15) is 33.3 Å². The van der Waals surface area contributed by atoms with Crippen molar-refractivity contribution < 1.29 is 19.1 Å². The molecule has 2 aromatic carbocycles. The van der Waals surface area contributed by atoms with Crippen LogP contribution in [0.4, 0.5) is 5.69 Å². The standard InChI is InChI=1S/C22H19NO4S/c1-26-16-10-8-15(9-11-16)23(14-17-5-4-12-28-17)21(24)13-20-18-6-2-3-7-19(18)22(25)27-20/h2-12,20H,13-14H2,1H3/t20-/m0/s1. The van der Waals surface area contributed by atoms with E-state index < -0.39 is 6.10 Å². The first-order chi connectivity index (χ1) is 13.7. The summed E-state index contributed by atoms with van der Waals surface area (Å²) in [4.78, 5) is 28.1. The average molecular weight is 393 g/mol. The van der Waals surface area contributed by atoms with E-state index in [0.29, 0.717) is 12.1 Å². The van der Waals surface area contributed by atoms with Gasteiger partial charge in [-0.3, -0.25) is 4.79 Å². The van der Waals surface area contributed by atoms with Gasteiger partial charge in [0.15, 0.2) is 0 Å². The Kier molecular flexibility index (Phi) is 5.12.